The quantitative estimate of drug-likeness (QED) is 0.890. The van der Waals surface area contributed by atoms with Crippen molar-refractivity contribution >= 4 is 21.6 Å². The fourth-order valence-corrected chi connectivity index (χ4v) is 2.78. The molecule has 0 saturated heterocycles. The zero-order chi connectivity index (χ0) is 15.4. The van der Waals surface area contributed by atoms with Crippen LogP contribution in [0.5, 0.6) is 5.75 Å². The van der Waals surface area contributed by atoms with Gasteiger partial charge in [0.2, 0.25) is 0 Å². The predicted octanol–water partition coefficient (Wildman–Crippen LogP) is 3.73. The molecule has 0 aliphatic rings. The summed E-state index contributed by atoms with van der Waals surface area (Å²) in [6.07, 6.45) is 0. The fourth-order valence-electron chi connectivity index (χ4n) is 2.27. The van der Waals surface area contributed by atoms with E-state index in [-0.39, 0.29) is 11.9 Å². The first-order valence-corrected chi connectivity index (χ1v) is 7.38. The molecular weight excluding hydrogens is 335 g/mol. The average Bonchev–Trinajstić information content (AvgIpc) is 2.49. The van der Waals surface area contributed by atoms with Crippen LogP contribution in [-0.4, -0.2) is 20.7 Å². The summed E-state index contributed by atoms with van der Waals surface area (Å²) in [4.78, 5) is 1.96. The van der Waals surface area contributed by atoms with Crippen molar-refractivity contribution in [1.82, 2.24) is 0 Å². The molecule has 0 amide bonds. The van der Waals surface area contributed by atoms with Crippen LogP contribution in [0.1, 0.15) is 11.6 Å². The number of benzene rings is 2. The lowest BCUT2D eigenvalue weighted by atomic mass is 10.0. The third kappa shape index (κ3) is 3.54. The first-order valence-electron chi connectivity index (χ1n) is 6.58. The van der Waals surface area contributed by atoms with Crippen molar-refractivity contribution in [1.29, 1.82) is 0 Å². The van der Waals surface area contributed by atoms with E-state index in [4.69, 9.17) is 10.5 Å². The van der Waals surface area contributed by atoms with Gasteiger partial charge >= 0.3 is 0 Å². The van der Waals surface area contributed by atoms with E-state index in [1.165, 1.54) is 12.1 Å². The number of nitrogens with zero attached hydrogens (tertiary/aromatic N) is 1. The molecular formula is C16H18BrFN2O. The van der Waals surface area contributed by atoms with Crippen molar-refractivity contribution < 1.29 is 9.13 Å². The van der Waals surface area contributed by atoms with Gasteiger partial charge in [0.05, 0.1) is 13.2 Å². The minimum atomic E-state index is -0.264. The van der Waals surface area contributed by atoms with Crippen LogP contribution >= 0.6 is 15.9 Å². The Morgan fingerprint density at radius 2 is 2.05 bits per heavy atom. The zero-order valence-electron chi connectivity index (χ0n) is 12.0. The monoisotopic (exact) mass is 352 g/mol. The molecule has 2 N–H and O–H groups in total. The number of hydrogen-bond donors (Lipinski definition) is 1. The molecule has 3 nitrogen and oxygen atoms in total. The third-order valence-electron chi connectivity index (χ3n) is 3.47. The Hall–Kier alpha value is -1.59. The van der Waals surface area contributed by atoms with Crippen molar-refractivity contribution in [3.05, 3.63) is 58.3 Å². The molecule has 0 fully saturated rings. The van der Waals surface area contributed by atoms with Gasteiger partial charge in [-0.2, -0.15) is 0 Å². The second-order valence-electron chi connectivity index (χ2n) is 4.73. The molecule has 1 unspecified atom stereocenters. The van der Waals surface area contributed by atoms with Gasteiger partial charge in [-0.05, 0) is 42.0 Å². The summed E-state index contributed by atoms with van der Waals surface area (Å²) in [6.45, 7) is 0.402. The van der Waals surface area contributed by atoms with Gasteiger partial charge in [-0.1, -0.05) is 22.0 Å². The highest BCUT2D eigenvalue weighted by molar-refractivity contribution is 9.10. The Morgan fingerprint density at radius 3 is 2.67 bits per heavy atom. The molecule has 0 aliphatic heterocycles. The van der Waals surface area contributed by atoms with Crippen molar-refractivity contribution in [2.24, 2.45) is 5.73 Å². The van der Waals surface area contributed by atoms with Gasteiger partial charge < -0.3 is 15.4 Å². The largest absolute Gasteiger partial charge is 0.497 e. The molecule has 0 heterocycles. The summed E-state index contributed by atoms with van der Waals surface area (Å²) in [6, 6.07) is 12.1. The SMILES string of the molecule is COc1ccc(Br)c(C(CN)N(C)c2cccc(F)c2)c1. The molecule has 112 valence electrons. The van der Waals surface area contributed by atoms with E-state index < -0.39 is 0 Å². The standard InChI is InChI=1S/C16H18BrFN2O/c1-20(12-5-3-4-11(18)8-12)16(10-19)14-9-13(21-2)6-7-15(14)17/h3-9,16H,10,19H2,1-2H3. The highest BCUT2D eigenvalue weighted by Crippen LogP contribution is 2.32. The first-order chi connectivity index (χ1) is 10.1. The first kappa shape index (κ1) is 15.8. The number of ether oxygens (including phenoxy) is 1. The topological polar surface area (TPSA) is 38.5 Å². The van der Waals surface area contributed by atoms with Gasteiger partial charge in [-0.3, -0.25) is 0 Å². The fraction of sp³-hybridized carbons (Fsp3) is 0.250. The van der Waals surface area contributed by atoms with Crippen LogP contribution in [0.3, 0.4) is 0 Å². The average molecular weight is 353 g/mol. The highest BCUT2D eigenvalue weighted by atomic mass is 79.9. The van der Waals surface area contributed by atoms with Crippen LogP contribution < -0.4 is 15.4 Å². The Kier molecular flexibility index (Phi) is 5.20. The molecule has 0 radical (unpaired) electrons. The van der Waals surface area contributed by atoms with Crippen LogP contribution in [0.15, 0.2) is 46.9 Å². The van der Waals surface area contributed by atoms with Crippen molar-refractivity contribution in [2.75, 3.05) is 25.6 Å². The van der Waals surface area contributed by atoms with Gasteiger partial charge in [0.15, 0.2) is 0 Å². The summed E-state index contributed by atoms with van der Waals surface area (Å²) < 4.78 is 19.6. The minimum Gasteiger partial charge on any atom is -0.497 e. The second kappa shape index (κ2) is 6.91. The molecule has 21 heavy (non-hydrogen) atoms. The van der Waals surface area contributed by atoms with Crippen LogP contribution in [0.4, 0.5) is 10.1 Å². The number of nitrogens with two attached hydrogens (primary N) is 1. The smallest absolute Gasteiger partial charge is 0.125 e. The van der Waals surface area contributed by atoms with Gasteiger partial charge in [0.25, 0.3) is 0 Å². The molecule has 2 aromatic carbocycles. The van der Waals surface area contributed by atoms with E-state index in [9.17, 15) is 4.39 Å². The van der Waals surface area contributed by atoms with Gasteiger partial charge in [-0.15, -0.1) is 0 Å². The van der Waals surface area contributed by atoms with E-state index in [0.717, 1.165) is 21.5 Å². The summed E-state index contributed by atoms with van der Waals surface area (Å²) in [5.41, 5.74) is 7.73. The summed E-state index contributed by atoms with van der Waals surface area (Å²) in [7, 11) is 3.53. The van der Waals surface area contributed by atoms with Crippen LogP contribution in [-0.2, 0) is 0 Å². The van der Waals surface area contributed by atoms with E-state index >= 15 is 0 Å². The molecule has 2 aromatic rings. The van der Waals surface area contributed by atoms with Gasteiger partial charge in [0, 0.05) is 23.8 Å². The Balaban J connectivity index is 2.39. The Morgan fingerprint density at radius 1 is 1.29 bits per heavy atom. The van der Waals surface area contributed by atoms with Crippen LogP contribution in [0.25, 0.3) is 0 Å². The molecule has 0 saturated carbocycles. The number of halogens is 2. The van der Waals surface area contributed by atoms with Gasteiger partial charge in [-0.25, -0.2) is 4.39 Å². The van der Waals surface area contributed by atoms with Crippen LogP contribution in [0, 0.1) is 5.82 Å². The maximum atomic E-state index is 13.4. The lowest BCUT2D eigenvalue weighted by Gasteiger charge is -2.30. The second-order valence-corrected chi connectivity index (χ2v) is 5.58. The maximum Gasteiger partial charge on any atom is 0.125 e. The molecule has 2 rings (SSSR count). The lowest BCUT2D eigenvalue weighted by Crippen LogP contribution is -2.30. The molecule has 0 aliphatic carbocycles. The molecule has 0 spiro atoms. The van der Waals surface area contributed by atoms with Crippen molar-refractivity contribution in [2.45, 2.75) is 6.04 Å². The van der Waals surface area contributed by atoms with Crippen LogP contribution in [0.2, 0.25) is 0 Å². The molecule has 0 bridgehead atoms. The number of methoxy groups -OCH3 is 1. The van der Waals surface area contributed by atoms with E-state index in [1.807, 2.05) is 36.2 Å². The third-order valence-corrected chi connectivity index (χ3v) is 4.19. The van der Waals surface area contributed by atoms with Crippen molar-refractivity contribution in [3.63, 3.8) is 0 Å². The van der Waals surface area contributed by atoms with Crippen molar-refractivity contribution in [3.8, 4) is 5.75 Å². The zero-order valence-corrected chi connectivity index (χ0v) is 13.6. The number of anilines is 1. The molecule has 1 atom stereocenters. The summed E-state index contributed by atoms with van der Waals surface area (Å²) >= 11 is 3.54. The lowest BCUT2D eigenvalue weighted by molar-refractivity contribution is 0.413. The maximum absolute atomic E-state index is 13.4. The Labute approximate surface area is 132 Å². The minimum absolute atomic E-state index is 0.0868. The summed E-state index contributed by atoms with van der Waals surface area (Å²) in [5.74, 6) is 0.499. The van der Waals surface area contributed by atoms with Gasteiger partial charge in [0.1, 0.15) is 11.6 Å². The predicted molar refractivity (Wildman–Crippen MR) is 87.3 cm³/mol. The molecule has 0 aromatic heterocycles. The van der Waals surface area contributed by atoms with E-state index in [1.54, 1.807) is 13.2 Å². The Bertz CT molecular complexity index is 621. The highest BCUT2D eigenvalue weighted by Gasteiger charge is 2.19. The molecule has 5 heteroatoms. The normalized spacial score (nSPS) is 12.0. The van der Waals surface area contributed by atoms with E-state index in [0.29, 0.717) is 6.54 Å². The number of hydrogen-bond acceptors (Lipinski definition) is 3. The number of likely N-dealkylation sites (N-methyl/N-ethyl adjacent to an activating group) is 1. The number of rotatable bonds is 5. The summed E-state index contributed by atoms with van der Waals surface area (Å²) in [5, 5.41) is 0. The van der Waals surface area contributed by atoms with E-state index in [2.05, 4.69) is 15.9 Å².